The molecule has 0 unspecified atom stereocenters. The summed E-state index contributed by atoms with van der Waals surface area (Å²) in [5, 5.41) is 0. The SMILES string of the molecule is CN(CCCCN=C(N)N(C)C1CC1)c1ccccc1.I. The Kier molecular flexibility index (Phi) is 7.85. The van der Waals surface area contributed by atoms with Crippen LogP contribution in [0.5, 0.6) is 0 Å². The Labute approximate surface area is 145 Å². The molecular weight excluding hydrogens is 375 g/mol. The van der Waals surface area contributed by atoms with Crippen molar-refractivity contribution in [1.29, 1.82) is 0 Å². The van der Waals surface area contributed by atoms with Gasteiger partial charge in [0.1, 0.15) is 0 Å². The molecule has 1 saturated carbocycles. The molecule has 1 aromatic rings. The first-order valence-electron chi connectivity index (χ1n) is 7.47. The van der Waals surface area contributed by atoms with Crippen molar-refractivity contribution >= 4 is 35.6 Å². The van der Waals surface area contributed by atoms with E-state index >= 15 is 0 Å². The molecule has 0 heterocycles. The van der Waals surface area contributed by atoms with Crippen molar-refractivity contribution in [3.8, 4) is 0 Å². The lowest BCUT2D eigenvalue weighted by Crippen LogP contribution is -2.35. The van der Waals surface area contributed by atoms with Gasteiger partial charge in [-0.15, -0.1) is 24.0 Å². The summed E-state index contributed by atoms with van der Waals surface area (Å²) in [5.74, 6) is 0.698. The predicted molar refractivity (Wildman–Crippen MR) is 102 cm³/mol. The van der Waals surface area contributed by atoms with Crippen molar-refractivity contribution < 1.29 is 0 Å². The third-order valence-corrected chi connectivity index (χ3v) is 3.83. The van der Waals surface area contributed by atoms with E-state index in [-0.39, 0.29) is 24.0 Å². The molecule has 5 heteroatoms. The van der Waals surface area contributed by atoms with Crippen LogP contribution in [0.3, 0.4) is 0 Å². The summed E-state index contributed by atoms with van der Waals surface area (Å²) in [5.41, 5.74) is 7.22. The Morgan fingerprint density at radius 3 is 2.48 bits per heavy atom. The standard InChI is InChI=1S/C16H26N4.HI/c1-19(14-8-4-3-5-9-14)13-7-6-12-18-16(17)20(2)15-10-11-15;/h3-5,8-9,15H,6-7,10-13H2,1-2H3,(H2,17,18);1H. The van der Waals surface area contributed by atoms with Gasteiger partial charge in [-0.1, -0.05) is 18.2 Å². The summed E-state index contributed by atoms with van der Waals surface area (Å²) in [4.78, 5) is 8.85. The largest absolute Gasteiger partial charge is 0.375 e. The van der Waals surface area contributed by atoms with Crippen LogP contribution >= 0.6 is 24.0 Å². The number of nitrogens with zero attached hydrogens (tertiary/aromatic N) is 3. The summed E-state index contributed by atoms with van der Waals surface area (Å²) in [6.07, 6.45) is 4.73. The smallest absolute Gasteiger partial charge is 0.191 e. The van der Waals surface area contributed by atoms with Gasteiger partial charge in [0.25, 0.3) is 0 Å². The molecule has 1 aromatic carbocycles. The van der Waals surface area contributed by atoms with Gasteiger partial charge in [0.2, 0.25) is 0 Å². The number of guanidine groups is 1. The summed E-state index contributed by atoms with van der Waals surface area (Å²) < 4.78 is 0. The van der Waals surface area contributed by atoms with E-state index in [2.05, 4.69) is 46.1 Å². The Hall–Kier alpha value is -0.980. The topological polar surface area (TPSA) is 44.9 Å². The van der Waals surface area contributed by atoms with Gasteiger partial charge < -0.3 is 15.5 Å². The fourth-order valence-corrected chi connectivity index (χ4v) is 2.23. The minimum Gasteiger partial charge on any atom is -0.375 e. The normalized spacial score (nSPS) is 14.5. The molecule has 21 heavy (non-hydrogen) atoms. The highest BCUT2D eigenvalue weighted by atomic mass is 127. The average molecular weight is 402 g/mol. The van der Waals surface area contributed by atoms with E-state index in [9.17, 15) is 0 Å². The molecule has 118 valence electrons. The second-order valence-corrected chi connectivity index (χ2v) is 5.55. The highest BCUT2D eigenvalue weighted by Crippen LogP contribution is 2.24. The molecule has 0 aliphatic heterocycles. The van der Waals surface area contributed by atoms with Gasteiger partial charge in [0.05, 0.1) is 0 Å². The maximum absolute atomic E-state index is 5.96. The minimum absolute atomic E-state index is 0. The van der Waals surface area contributed by atoms with Crippen LogP contribution < -0.4 is 10.6 Å². The summed E-state index contributed by atoms with van der Waals surface area (Å²) >= 11 is 0. The van der Waals surface area contributed by atoms with Crippen LogP contribution in [0.2, 0.25) is 0 Å². The lowest BCUT2D eigenvalue weighted by Gasteiger charge is -2.19. The first-order chi connectivity index (χ1) is 9.68. The molecule has 1 aliphatic carbocycles. The van der Waals surface area contributed by atoms with Gasteiger partial charge >= 0.3 is 0 Å². The van der Waals surface area contributed by atoms with Crippen LogP contribution in [0.1, 0.15) is 25.7 Å². The monoisotopic (exact) mass is 402 g/mol. The average Bonchev–Trinajstić information content (AvgIpc) is 3.31. The van der Waals surface area contributed by atoms with Gasteiger partial charge in [-0.05, 0) is 37.8 Å². The second-order valence-electron chi connectivity index (χ2n) is 5.55. The van der Waals surface area contributed by atoms with Crippen molar-refractivity contribution in [2.45, 2.75) is 31.7 Å². The highest BCUT2D eigenvalue weighted by Gasteiger charge is 2.27. The zero-order chi connectivity index (χ0) is 14.4. The zero-order valence-electron chi connectivity index (χ0n) is 13.0. The molecular formula is C16H27IN4. The first-order valence-corrected chi connectivity index (χ1v) is 7.47. The molecule has 1 aliphatic rings. The predicted octanol–water partition coefficient (Wildman–Crippen LogP) is 2.93. The number of anilines is 1. The molecule has 0 bridgehead atoms. The third-order valence-electron chi connectivity index (χ3n) is 3.83. The molecule has 0 aromatic heterocycles. The fourth-order valence-electron chi connectivity index (χ4n) is 2.23. The van der Waals surface area contributed by atoms with Crippen LogP contribution in [0.15, 0.2) is 35.3 Å². The number of para-hydroxylation sites is 1. The summed E-state index contributed by atoms with van der Waals surface area (Å²) in [7, 11) is 4.17. The fraction of sp³-hybridized carbons (Fsp3) is 0.562. The molecule has 1 fully saturated rings. The van der Waals surface area contributed by atoms with Crippen LogP contribution in [-0.4, -0.2) is 44.1 Å². The lowest BCUT2D eigenvalue weighted by atomic mass is 10.2. The summed E-state index contributed by atoms with van der Waals surface area (Å²) in [6, 6.07) is 11.1. The van der Waals surface area contributed by atoms with Crippen LogP contribution in [0.25, 0.3) is 0 Å². The lowest BCUT2D eigenvalue weighted by molar-refractivity contribution is 0.487. The van der Waals surface area contributed by atoms with Gasteiger partial charge in [0, 0.05) is 38.9 Å². The molecule has 2 N–H and O–H groups in total. The van der Waals surface area contributed by atoms with Crippen molar-refractivity contribution in [2.75, 3.05) is 32.1 Å². The molecule has 0 amide bonds. The number of aliphatic imine (C=N–C) groups is 1. The van der Waals surface area contributed by atoms with E-state index in [1.54, 1.807) is 0 Å². The van der Waals surface area contributed by atoms with E-state index in [0.717, 1.165) is 25.9 Å². The van der Waals surface area contributed by atoms with E-state index in [0.29, 0.717) is 12.0 Å². The summed E-state index contributed by atoms with van der Waals surface area (Å²) in [6.45, 7) is 1.88. The van der Waals surface area contributed by atoms with Gasteiger partial charge in [-0.3, -0.25) is 4.99 Å². The zero-order valence-corrected chi connectivity index (χ0v) is 15.4. The van der Waals surface area contributed by atoms with Gasteiger partial charge in [-0.2, -0.15) is 0 Å². The van der Waals surface area contributed by atoms with E-state index in [1.165, 1.54) is 18.5 Å². The first kappa shape index (κ1) is 18.1. The number of halogens is 1. The molecule has 0 atom stereocenters. The van der Waals surface area contributed by atoms with Crippen molar-refractivity contribution in [3.05, 3.63) is 30.3 Å². The van der Waals surface area contributed by atoms with E-state index in [1.807, 2.05) is 13.1 Å². The number of unbranched alkanes of at least 4 members (excludes halogenated alkanes) is 1. The van der Waals surface area contributed by atoms with Crippen molar-refractivity contribution in [2.24, 2.45) is 10.7 Å². The minimum atomic E-state index is 0. The number of rotatable bonds is 7. The van der Waals surface area contributed by atoms with Crippen LogP contribution in [-0.2, 0) is 0 Å². The molecule has 0 spiro atoms. The number of hydrogen-bond donors (Lipinski definition) is 1. The Balaban J connectivity index is 0.00000220. The Morgan fingerprint density at radius 2 is 1.86 bits per heavy atom. The van der Waals surface area contributed by atoms with Crippen LogP contribution in [0, 0.1) is 0 Å². The quantitative estimate of drug-likeness (QED) is 0.330. The Bertz CT molecular complexity index is 431. The maximum Gasteiger partial charge on any atom is 0.191 e. The van der Waals surface area contributed by atoms with Crippen molar-refractivity contribution in [3.63, 3.8) is 0 Å². The van der Waals surface area contributed by atoms with Gasteiger partial charge in [0.15, 0.2) is 5.96 Å². The third kappa shape index (κ3) is 6.11. The Morgan fingerprint density at radius 1 is 1.19 bits per heavy atom. The van der Waals surface area contributed by atoms with Crippen LogP contribution in [0.4, 0.5) is 5.69 Å². The maximum atomic E-state index is 5.96. The van der Waals surface area contributed by atoms with E-state index in [4.69, 9.17) is 5.73 Å². The molecule has 4 nitrogen and oxygen atoms in total. The molecule has 0 radical (unpaired) electrons. The van der Waals surface area contributed by atoms with Crippen molar-refractivity contribution in [1.82, 2.24) is 4.90 Å². The molecule has 0 saturated heterocycles. The van der Waals surface area contributed by atoms with Gasteiger partial charge in [-0.25, -0.2) is 0 Å². The number of nitrogens with two attached hydrogens (primary N) is 1. The second kappa shape index (κ2) is 9.12. The number of hydrogen-bond acceptors (Lipinski definition) is 2. The highest BCUT2D eigenvalue weighted by molar-refractivity contribution is 14.0. The van der Waals surface area contributed by atoms with E-state index < -0.39 is 0 Å². The molecule has 2 rings (SSSR count). The number of benzene rings is 1.